The van der Waals surface area contributed by atoms with Gasteiger partial charge in [-0.2, -0.15) is 0 Å². The van der Waals surface area contributed by atoms with Crippen molar-refractivity contribution in [3.63, 3.8) is 0 Å². The van der Waals surface area contributed by atoms with Crippen LogP contribution in [-0.4, -0.2) is 9.38 Å². The first kappa shape index (κ1) is 13.8. The van der Waals surface area contributed by atoms with Crippen molar-refractivity contribution < 1.29 is 0 Å². The molecule has 0 aliphatic heterocycles. The molecule has 3 aromatic rings. The van der Waals surface area contributed by atoms with Crippen LogP contribution in [0.5, 0.6) is 0 Å². The van der Waals surface area contributed by atoms with Crippen LogP contribution in [0.2, 0.25) is 0 Å². The molecule has 0 unspecified atom stereocenters. The lowest BCUT2D eigenvalue weighted by Gasteiger charge is -2.15. The van der Waals surface area contributed by atoms with Crippen molar-refractivity contribution >= 4 is 32.2 Å². The number of hydrogen-bond acceptors (Lipinski definition) is 3. The smallest absolute Gasteiger partial charge is 0.194 e. The normalized spacial score (nSPS) is 12.9. The first-order chi connectivity index (χ1) is 9.66. The van der Waals surface area contributed by atoms with E-state index in [0.29, 0.717) is 0 Å². The first-order valence-corrected chi connectivity index (χ1v) is 8.23. The number of halogens is 1. The lowest BCUT2D eigenvalue weighted by molar-refractivity contribution is 0.563. The molecule has 0 bridgehead atoms. The molecule has 0 saturated carbocycles. The molecule has 0 aliphatic rings. The summed E-state index contributed by atoms with van der Waals surface area (Å²) in [5.41, 5.74) is 3.61. The number of hydrogen-bond donors (Lipinski definition) is 1. The van der Waals surface area contributed by atoms with Gasteiger partial charge in [0, 0.05) is 28.6 Å². The minimum absolute atomic E-state index is 0.286. The maximum absolute atomic E-state index is 4.57. The van der Waals surface area contributed by atoms with Crippen molar-refractivity contribution in [3.8, 4) is 0 Å². The van der Waals surface area contributed by atoms with Gasteiger partial charge in [-0.15, -0.1) is 11.3 Å². The van der Waals surface area contributed by atoms with Crippen molar-refractivity contribution in [1.82, 2.24) is 14.7 Å². The highest BCUT2D eigenvalue weighted by Gasteiger charge is 2.12. The predicted molar refractivity (Wildman–Crippen MR) is 87.2 cm³/mol. The highest BCUT2D eigenvalue weighted by molar-refractivity contribution is 9.10. The SMILES string of the molecule is Cc1nc2sccn2c1CN[C@@H](C)c1ccccc1Br. The molecule has 1 aromatic carbocycles. The molecular formula is C15H16BrN3S. The number of benzene rings is 1. The van der Waals surface area contributed by atoms with Crippen molar-refractivity contribution in [1.29, 1.82) is 0 Å². The van der Waals surface area contributed by atoms with Crippen LogP contribution in [0.15, 0.2) is 40.3 Å². The maximum Gasteiger partial charge on any atom is 0.194 e. The zero-order valence-electron chi connectivity index (χ0n) is 11.4. The Morgan fingerprint density at radius 3 is 3.00 bits per heavy atom. The topological polar surface area (TPSA) is 29.3 Å². The third kappa shape index (κ3) is 2.53. The number of aromatic nitrogens is 2. The second-order valence-corrected chi connectivity index (χ2v) is 6.55. The summed E-state index contributed by atoms with van der Waals surface area (Å²) in [4.78, 5) is 5.64. The molecule has 2 aromatic heterocycles. The highest BCUT2D eigenvalue weighted by atomic mass is 79.9. The van der Waals surface area contributed by atoms with Gasteiger partial charge in [-0.1, -0.05) is 34.1 Å². The van der Waals surface area contributed by atoms with Crippen LogP contribution in [-0.2, 0) is 6.54 Å². The number of imidazole rings is 1. The van der Waals surface area contributed by atoms with E-state index >= 15 is 0 Å². The molecule has 0 spiro atoms. The van der Waals surface area contributed by atoms with Gasteiger partial charge in [0.25, 0.3) is 0 Å². The van der Waals surface area contributed by atoms with Crippen LogP contribution < -0.4 is 5.32 Å². The fourth-order valence-corrected chi connectivity index (χ4v) is 3.75. The van der Waals surface area contributed by atoms with Gasteiger partial charge >= 0.3 is 0 Å². The van der Waals surface area contributed by atoms with E-state index in [9.17, 15) is 0 Å². The zero-order chi connectivity index (χ0) is 14.1. The lowest BCUT2D eigenvalue weighted by atomic mass is 10.1. The molecule has 0 aliphatic carbocycles. The molecule has 104 valence electrons. The molecule has 20 heavy (non-hydrogen) atoms. The number of rotatable bonds is 4. The third-order valence-electron chi connectivity index (χ3n) is 3.51. The van der Waals surface area contributed by atoms with Crippen molar-refractivity contribution in [2.24, 2.45) is 0 Å². The Kier molecular flexibility index (Phi) is 3.92. The number of nitrogens with one attached hydrogen (secondary N) is 1. The van der Waals surface area contributed by atoms with Crippen molar-refractivity contribution in [2.75, 3.05) is 0 Å². The van der Waals surface area contributed by atoms with E-state index in [1.165, 1.54) is 11.3 Å². The largest absolute Gasteiger partial charge is 0.305 e. The molecule has 5 heteroatoms. The molecule has 3 rings (SSSR count). The average Bonchev–Trinajstić information content (AvgIpc) is 2.97. The fourth-order valence-electron chi connectivity index (χ4n) is 2.34. The standard InChI is InChI=1S/C15H16BrN3S/c1-10(12-5-3-4-6-13(12)16)17-9-14-11(2)18-15-19(14)7-8-20-15/h3-8,10,17H,9H2,1-2H3/t10-/m0/s1. The second kappa shape index (κ2) is 5.68. The van der Waals surface area contributed by atoms with Gasteiger partial charge in [-0.3, -0.25) is 4.40 Å². The molecule has 0 radical (unpaired) electrons. The highest BCUT2D eigenvalue weighted by Crippen LogP contribution is 2.23. The Balaban J connectivity index is 1.78. The van der Waals surface area contributed by atoms with Crippen LogP contribution in [0, 0.1) is 6.92 Å². The van der Waals surface area contributed by atoms with Crippen LogP contribution in [0.25, 0.3) is 4.96 Å². The number of fused-ring (bicyclic) bond motifs is 1. The molecule has 0 saturated heterocycles. The zero-order valence-corrected chi connectivity index (χ0v) is 13.8. The molecule has 0 fully saturated rings. The Morgan fingerprint density at radius 1 is 1.40 bits per heavy atom. The van der Waals surface area contributed by atoms with Gasteiger partial charge in [0.1, 0.15) is 0 Å². The average molecular weight is 350 g/mol. The van der Waals surface area contributed by atoms with Gasteiger partial charge in [0.05, 0.1) is 11.4 Å². The van der Waals surface area contributed by atoms with Crippen LogP contribution >= 0.6 is 27.3 Å². The molecule has 2 heterocycles. The molecule has 1 N–H and O–H groups in total. The van der Waals surface area contributed by atoms with E-state index in [0.717, 1.165) is 21.7 Å². The quantitative estimate of drug-likeness (QED) is 0.759. The minimum atomic E-state index is 0.286. The Morgan fingerprint density at radius 2 is 2.20 bits per heavy atom. The number of aryl methyl sites for hydroxylation is 1. The summed E-state index contributed by atoms with van der Waals surface area (Å²) >= 11 is 5.28. The second-order valence-electron chi connectivity index (χ2n) is 4.82. The van der Waals surface area contributed by atoms with Gasteiger partial charge in [0.2, 0.25) is 0 Å². The van der Waals surface area contributed by atoms with E-state index in [-0.39, 0.29) is 6.04 Å². The maximum atomic E-state index is 4.57. The van der Waals surface area contributed by atoms with E-state index in [1.807, 2.05) is 6.07 Å². The van der Waals surface area contributed by atoms with Gasteiger partial charge < -0.3 is 5.32 Å². The molecule has 0 amide bonds. The van der Waals surface area contributed by atoms with E-state index < -0.39 is 0 Å². The molecular weight excluding hydrogens is 334 g/mol. The number of nitrogens with zero attached hydrogens (tertiary/aromatic N) is 2. The summed E-state index contributed by atoms with van der Waals surface area (Å²) in [6.45, 7) is 5.06. The Labute approximate surface area is 130 Å². The predicted octanol–water partition coefficient (Wildman–Crippen LogP) is 4.32. The monoisotopic (exact) mass is 349 g/mol. The first-order valence-electron chi connectivity index (χ1n) is 6.55. The Bertz CT molecular complexity index is 732. The van der Waals surface area contributed by atoms with Crippen LogP contribution in [0.4, 0.5) is 0 Å². The lowest BCUT2D eigenvalue weighted by Crippen LogP contribution is -2.19. The summed E-state index contributed by atoms with van der Waals surface area (Å²) in [5.74, 6) is 0. The van der Waals surface area contributed by atoms with Crippen LogP contribution in [0.1, 0.15) is 29.9 Å². The molecule has 1 atom stereocenters. The van der Waals surface area contributed by atoms with Crippen molar-refractivity contribution in [2.45, 2.75) is 26.4 Å². The summed E-state index contributed by atoms with van der Waals surface area (Å²) in [7, 11) is 0. The molecule has 3 nitrogen and oxygen atoms in total. The van der Waals surface area contributed by atoms with Gasteiger partial charge in [0.15, 0.2) is 4.96 Å². The summed E-state index contributed by atoms with van der Waals surface area (Å²) in [6, 6.07) is 8.62. The van der Waals surface area contributed by atoms with E-state index in [1.54, 1.807) is 11.3 Å². The fraction of sp³-hybridized carbons (Fsp3) is 0.267. The minimum Gasteiger partial charge on any atom is -0.305 e. The summed E-state index contributed by atoms with van der Waals surface area (Å²) in [5, 5.41) is 5.65. The summed E-state index contributed by atoms with van der Waals surface area (Å²) in [6.07, 6.45) is 2.08. The number of thiazole rings is 1. The van der Waals surface area contributed by atoms with Gasteiger partial charge in [-0.25, -0.2) is 4.98 Å². The van der Waals surface area contributed by atoms with Crippen molar-refractivity contribution in [3.05, 3.63) is 57.3 Å². The van der Waals surface area contributed by atoms with Gasteiger partial charge in [-0.05, 0) is 25.5 Å². The third-order valence-corrected chi connectivity index (χ3v) is 4.99. The summed E-state index contributed by atoms with van der Waals surface area (Å²) < 4.78 is 3.31. The van der Waals surface area contributed by atoms with E-state index in [4.69, 9.17) is 0 Å². The Hall–Kier alpha value is -1.17. The van der Waals surface area contributed by atoms with E-state index in [2.05, 4.69) is 74.3 Å². The van der Waals surface area contributed by atoms with Crippen LogP contribution in [0.3, 0.4) is 0 Å².